The molecule has 0 spiro atoms. The van der Waals surface area contributed by atoms with Crippen molar-refractivity contribution in [3.8, 4) is 6.07 Å². The molecule has 3 amide bonds. The van der Waals surface area contributed by atoms with Gasteiger partial charge in [-0.15, -0.1) is 0 Å². The predicted octanol–water partition coefficient (Wildman–Crippen LogP) is 2.86. The summed E-state index contributed by atoms with van der Waals surface area (Å²) in [5.74, 6) is -1.85. The molecule has 1 unspecified atom stereocenters. The number of urea groups is 1. The van der Waals surface area contributed by atoms with Crippen molar-refractivity contribution in [1.82, 2.24) is 14.7 Å². The molecule has 0 fully saturated rings. The Kier molecular flexibility index (Phi) is 6.53. The van der Waals surface area contributed by atoms with Gasteiger partial charge in [0, 0.05) is 24.7 Å². The second kappa shape index (κ2) is 9.56. The standard InChI is InChI=1S/C24H23ClN8O2/c1-13-17-9-15(10-18(25)22(17)32(2)31-13)21(27)20(23(28)34)19-12-33(8-7-29-19)24(35)30-16-5-3-14(11-26)4-6-16/h3-6,9-10,20,27H,7-8,12H2,1-2H3,(H2,28,34)(H,30,35). The van der Waals surface area contributed by atoms with Gasteiger partial charge >= 0.3 is 6.03 Å². The van der Waals surface area contributed by atoms with Crippen molar-refractivity contribution in [2.45, 2.75) is 6.92 Å². The molecule has 2 aromatic carbocycles. The monoisotopic (exact) mass is 490 g/mol. The lowest BCUT2D eigenvalue weighted by molar-refractivity contribution is -0.118. The molecule has 35 heavy (non-hydrogen) atoms. The number of carbonyl (C=O) groups excluding carboxylic acids is 2. The van der Waals surface area contributed by atoms with E-state index in [9.17, 15) is 9.59 Å². The van der Waals surface area contributed by atoms with Gasteiger partial charge in [-0.1, -0.05) is 11.6 Å². The smallest absolute Gasteiger partial charge is 0.322 e. The number of fused-ring (bicyclic) bond motifs is 1. The minimum Gasteiger partial charge on any atom is -0.369 e. The summed E-state index contributed by atoms with van der Waals surface area (Å²) >= 11 is 6.47. The summed E-state index contributed by atoms with van der Waals surface area (Å²) in [5, 5.41) is 26.0. The van der Waals surface area contributed by atoms with Crippen molar-refractivity contribution in [1.29, 1.82) is 10.7 Å². The van der Waals surface area contributed by atoms with E-state index in [0.29, 0.717) is 34.1 Å². The van der Waals surface area contributed by atoms with Crippen LogP contribution in [0.25, 0.3) is 10.9 Å². The average molecular weight is 491 g/mol. The van der Waals surface area contributed by atoms with E-state index < -0.39 is 11.8 Å². The number of benzene rings is 2. The first-order valence-electron chi connectivity index (χ1n) is 10.8. The van der Waals surface area contributed by atoms with Crippen molar-refractivity contribution in [2.24, 2.45) is 23.7 Å². The highest BCUT2D eigenvalue weighted by molar-refractivity contribution is 6.36. The fraction of sp³-hybridized carbons (Fsp3) is 0.250. The normalized spacial score (nSPS) is 14.2. The Hall–Kier alpha value is -4.23. The third-order valence-electron chi connectivity index (χ3n) is 5.88. The first-order chi connectivity index (χ1) is 16.7. The van der Waals surface area contributed by atoms with Gasteiger partial charge in [-0.3, -0.25) is 14.5 Å². The summed E-state index contributed by atoms with van der Waals surface area (Å²) in [5.41, 5.74) is 8.93. The predicted molar refractivity (Wildman–Crippen MR) is 134 cm³/mol. The fourth-order valence-electron chi connectivity index (χ4n) is 4.15. The summed E-state index contributed by atoms with van der Waals surface area (Å²) < 4.78 is 1.67. The molecule has 0 radical (unpaired) electrons. The topological polar surface area (TPSA) is 153 Å². The number of nitriles is 1. The number of anilines is 1. The Labute approximate surface area is 206 Å². The number of primary amides is 1. The Morgan fingerprint density at radius 3 is 2.66 bits per heavy atom. The molecule has 1 aliphatic heterocycles. The maximum absolute atomic E-state index is 12.8. The van der Waals surface area contributed by atoms with Crippen molar-refractivity contribution in [3.63, 3.8) is 0 Å². The van der Waals surface area contributed by atoms with Crippen LogP contribution in [0.2, 0.25) is 5.02 Å². The van der Waals surface area contributed by atoms with Crippen LogP contribution in [-0.4, -0.2) is 57.7 Å². The minimum absolute atomic E-state index is 0.0417. The van der Waals surface area contributed by atoms with Gasteiger partial charge in [-0.2, -0.15) is 10.4 Å². The zero-order valence-corrected chi connectivity index (χ0v) is 19.9. The van der Waals surface area contributed by atoms with E-state index in [1.807, 2.05) is 13.0 Å². The molecule has 1 aliphatic rings. The summed E-state index contributed by atoms with van der Waals surface area (Å²) in [6, 6.07) is 11.5. The van der Waals surface area contributed by atoms with Gasteiger partial charge in [-0.25, -0.2) is 4.79 Å². The van der Waals surface area contributed by atoms with Gasteiger partial charge in [0.2, 0.25) is 5.91 Å². The summed E-state index contributed by atoms with van der Waals surface area (Å²) in [6.45, 7) is 2.50. The van der Waals surface area contributed by atoms with Gasteiger partial charge < -0.3 is 21.4 Å². The average Bonchev–Trinajstić information content (AvgIpc) is 3.13. The maximum Gasteiger partial charge on any atom is 0.322 e. The van der Waals surface area contributed by atoms with Crippen LogP contribution in [0.1, 0.15) is 16.8 Å². The van der Waals surface area contributed by atoms with Crippen molar-refractivity contribution in [2.75, 3.05) is 25.0 Å². The second-order valence-corrected chi connectivity index (χ2v) is 8.63. The van der Waals surface area contributed by atoms with Crippen molar-refractivity contribution < 1.29 is 9.59 Å². The first kappa shape index (κ1) is 23.9. The molecule has 178 valence electrons. The van der Waals surface area contributed by atoms with Crippen LogP contribution in [0.5, 0.6) is 0 Å². The van der Waals surface area contributed by atoms with Crippen molar-refractivity contribution >= 4 is 51.6 Å². The van der Waals surface area contributed by atoms with E-state index in [1.54, 1.807) is 48.1 Å². The SMILES string of the molecule is Cc1nn(C)c2c(Cl)cc(C(=N)C(C(N)=O)C3=NCCN(C(=O)Nc4ccc(C#N)cc4)C3)cc12. The number of nitrogens with two attached hydrogens (primary N) is 1. The molecule has 4 N–H and O–H groups in total. The number of nitrogens with one attached hydrogen (secondary N) is 2. The Balaban J connectivity index is 1.56. The molecule has 3 aromatic rings. The number of aliphatic imine (C=N–C) groups is 1. The summed E-state index contributed by atoms with van der Waals surface area (Å²) in [7, 11) is 1.78. The van der Waals surface area contributed by atoms with Gasteiger partial charge in [0.1, 0.15) is 5.92 Å². The van der Waals surface area contributed by atoms with E-state index in [1.165, 1.54) is 4.90 Å². The molecule has 1 atom stereocenters. The molecule has 0 bridgehead atoms. The lowest BCUT2D eigenvalue weighted by Crippen LogP contribution is -2.49. The number of hydrogen-bond donors (Lipinski definition) is 3. The van der Waals surface area contributed by atoms with Crippen LogP contribution in [0.4, 0.5) is 10.5 Å². The third kappa shape index (κ3) is 4.72. The minimum atomic E-state index is -1.12. The van der Waals surface area contributed by atoms with Gasteiger partial charge in [0.15, 0.2) is 0 Å². The molecular formula is C24H23ClN8O2. The third-order valence-corrected chi connectivity index (χ3v) is 6.17. The maximum atomic E-state index is 12.8. The highest BCUT2D eigenvalue weighted by atomic mass is 35.5. The number of aryl methyl sites for hydroxylation is 2. The first-order valence-corrected chi connectivity index (χ1v) is 11.2. The number of aromatic nitrogens is 2. The molecule has 0 saturated carbocycles. The number of amides is 3. The van der Waals surface area contributed by atoms with E-state index in [-0.39, 0.29) is 24.8 Å². The quantitative estimate of drug-likeness (QED) is 0.470. The number of carbonyl (C=O) groups is 2. The molecule has 0 aliphatic carbocycles. The number of hydrogen-bond acceptors (Lipinski definition) is 6. The molecule has 2 heterocycles. The molecule has 4 rings (SSSR count). The largest absolute Gasteiger partial charge is 0.369 e. The van der Waals surface area contributed by atoms with Crippen LogP contribution in [-0.2, 0) is 11.8 Å². The molecular weight excluding hydrogens is 468 g/mol. The van der Waals surface area contributed by atoms with Gasteiger partial charge in [0.05, 0.1) is 52.4 Å². The highest BCUT2D eigenvalue weighted by Gasteiger charge is 2.32. The summed E-state index contributed by atoms with van der Waals surface area (Å²) in [4.78, 5) is 31.2. The van der Waals surface area contributed by atoms with Gasteiger partial charge in [0.25, 0.3) is 0 Å². The van der Waals surface area contributed by atoms with Gasteiger partial charge in [-0.05, 0) is 48.9 Å². The van der Waals surface area contributed by atoms with Crippen LogP contribution in [0, 0.1) is 29.6 Å². The Morgan fingerprint density at radius 2 is 2.00 bits per heavy atom. The molecule has 1 aromatic heterocycles. The van der Waals surface area contributed by atoms with Crippen molar-refractivity contribution in [3.05, 3.63) is 58.2 Å². The highest BCUT2D eigenvalue weighted by Crippen LogP contribution is 2.29. The Morgan fingerprint density at radius 1 is 1.29 bits per heavy atom. The zero-order valence-electron chi connectivity index (χ0n) is 19.2. The van der Waals surface area contributed by atoms with E-state index >= 15 is 0 Å². The summed E-state index contributed by atoms with van der Waals surface area (Å²) in [6.07, 6.45) is 0. The second-order valence-electron chi connectivity index (χ2n) is 8.23. The molecule has 10 nitrogen and oxygen atoms in total. The molecule has 0 saturated heterocycles. The van der Waals surface area contributed by atoms with Crippen LogP contribution in [0.3, 0.4) is 0 Å². The van der Waals surface area contributed by atoms with E-state index in [2.05, 4.69) is 15.4 Å². The lowest BCUT2D eigenvalue weighted by Gasteiger charge is -2.29. The number of rotatable bonds is 5. The number of halogens is 1. The van der Waals surface area contributed by atoms with Crippen LogP contribution < -0.4 is 11.1 Å². The van der Waals surface area contributed by atoms with E-state index in [4.69, 9.17) is 28.0 Å². The fourth-order valence-corrected chi connectivity index (χ4v) is 4.50. The zero-order chi connectivity index (χ0) is 25.3. The molecule has 11 heteroatoms. The van der Waals surface area contributed by atoms with E-state index in [0.717, 1.165) is 16.6 Å². The Bertz CT molecular complexity index is 1420. The van der Waals surface area contributed by atoms with Crippen LogP contribution >= 0.6 is 11.6 Å². The number of nitrogens with zero attached hydrogens (tertiary/aromatic N) is 5. The van der Waals surface area contributed by atoms with Crippen LogP contribution in [0.15, 0.2) is 41.4 Å². The lowest BCUT2D eigenvalue weighted by atomic mass is 9.90.